The van der Waals surface area contributed by atoms with Gasteiger partial charge in [0.25, 0.3) is 6.02 Å². The molecular formula is C18H14ClF7N4O2. The predicted molar refractivity (Wildman–Crippen MR) is 97.4 cm³/mol. The minimum atomic E-state index is -4.86. The van der Waals surface area contributed by atoms with Gasteiger partial charge in [0, 0.05) is 18.4 Å². The molecule has 1 aliphatic heterocycles. The lowest BCUT2D eigenvalue weighted by molar-refractivity contribution is -0.208. The van der Waals surface area contributed by atoms with E-state index in [1.165, 1.54) is 0 Å². The average Bonchev–Trinajstić information content (AvgIpc) is 3.05. The van der Waals surface area contributed by atoms with E-state index in [0.29, 0.717) is 12.3 Å². The molecule has 1 aromatic heterocycles. The molecule has 2 heterocycles. The quantitative estimate of drug-likeness (QED) is 0.498. The Bertz CT molecular complexity index is 1090. The largest absolute Gasteiger partial charge is 0.452 e. The van der Waals surface area contributed by atoms with Gasteiger partial charge >= 0.3 is 12.7 Å². The number of amidine groups is 1. The maximum Gasteiger partial charge on any atom is 0.425 e. The second kappa shape index (κ2) is 8.26. The first kappa shape index (κ1) is 23.8. The smallest absolute Gasteiger partial charge is 0.425 e. The van der Waals surface area contributed by atoms with E-state index in [-0.39, 0.29) is 15.3 Å². The predicted octanol–water partition coefficient (Wildman–Crippen LogP) is 4.52. The number of aliphatic imine (C=N–C) groups is 1. The Kier molecular flexibility index (Phi) is 6.15. The summed E-state index contributed by atoms with van der Waals surface area (Å²) in [4.78, 5) is 16.2. The van der Waals surface area contributed by atoms with Crippen LogP contribution in [0, 0.1) is 11.6 Å². The van der Waals surface area contributed by atoms with Crippen LogP contribution in [0.4, 0.5) is 30.7 Å². The molecule has 0 bridgehead atoms. The van der Waals surface area contributed by atoms with Gasteiger partial charge in [0.15, 0.2) is 23.5 Å². The Balaban J connectivity index is 1.98. The molecule has 3 rings (SSSR count). The molecule has 0 saturated carbocycles. The summed E-state index contributed by atoms with van der Waals surface area (Å²) < 4.78 is 98.4. The van der Waals surface area contributed by atoms with Crippen LogP contribution in [0.2, 0.25) is 5.02 Å². The van der Waals surface area contributed by atoms with Gasteiger partial charge < -0.3 is 10.5 Å². The zero-order valence-corrected chi connectivity index (χ0v) is 16.8. The van der Waals surface area contributed by atoms with E-state index in [1.54, 1.807) is 0 Å². The number of rotatable bonds is 5. The second-order valence-electron chi connectivity index (χ2n) is 7.20. The maximum atomic E-state index is 14.6. The fourth-order valence-electron chi connectivity index (χ4n) is 3.28. The van der Waals surface area contributed by atoms with E-state index in [1.807, 2.05) is 0 Å². The highest BCUT2D eigenvalue weighted by Crippen LogP contribution is 2.41. The number of halogens is 8. The SMILES string of the molecule is C[C@@]1(c2cc(CC(=O)c3nn(C(F)F)cc3Cl)cc(F)c2F)C[C@@H](C(F)(F)F)OC(N)=N1. The normalized spacial score (nSPS) is 21.4. The van der Waals surface area contributed by atoms with Crippen LogP contribution in [-0.2, 0) is 16.7 Å². The molecule has 2 N–H and O–H groups in total. The van der Waals surface area contributed by atoms with Gasteiger partial charge in [-0.05, 0) is 24.6 Å². The molecule has 14 heteroatoms. The summed E-state index contributed by atoms with van der Waals surface area (Å²) in [6, 6.07) is 0.724. The van der Waals surface area contributed by atoms with Crippen molar-refractivity contribution >= 4 is 23.4 Å². The van der Waals surface area contributed by atoms with Crippen molar-refractivity contribution in [1.82, 2.24) is 9.78 Å². The zero-order chi connectivity index (χ0) is 24.0. The van der Waals surface area contributed by atoms with Crippen molar-refractivity contribution in [2.45, 2.75) is 44.1 Å². The van der Waals surface area contributed by atoms with Crippen molar-refractivity contribution in [3.8, 4) is 0 Å². The number of nitrogens with zero attached hydrogens (tertiary/aromatic N) is 3. The molecular weight excluding hydrogens is 473 g/mol. The van der Waals surface area contributed by atoms with Crippen LogP contribution in [-0.4, -0.2) is 33.9 Å². The Labute approximate surface area is 180 Å². The molecule has 0 spiro atoms. The molecule has 0 radical (unpaired) electrons. The van der Waals surface area contributed by atoms with Crippen LogP contribution < -0.4 is 5.73 Å². The standard InChI is InChI=1S/C18H14ClF7N4O2/c1-17(5-12(18(24,25)26)32-16(27)28-17)8-2-7(3-10(20)13(8)21)4-11(31)14-9(19)6-30(29-14)15(22)23/h2-3,6,12,15H,4-5H2,1H3,(H2,27,28)/t12-,17-/m0/s1. The summed E-state index contributed by atoms with van der Waals surface area (Å²) in [5, 5.41) is 2.97. The Hall–Kier alpha value is -2.83. The van der Waals surface area contributed by atoms with Gasteiger partial charge in [-0.3, -0.25) is 4.79 Å². The van der Waals surface area contributed by atoms with Crippen molar-refractivity contribution in [1.29, 1.82) is 0 Å². The highest BCUT2D eigenvalue weighted by atomic mass is 35.5. The number of hydrogen-bond acceptors (Lipinski definition) is 5. The van der Waals surface area contributed by atoms with Crippen LogP contribution in [0.15, 0.2) is 23.3 Å². The van der Waals surface area contributed by atoms with Crippen LogP contribution in [0.3, 0.4) is 0 Å². The first-order valence-electron chi connectivity index (χ1n) is 8.84. The molecule has 32 heavy (non-hydrogen) atoms. The summed E-state index contributed by atoms with van der Waals surface area (Å²) in [5.41, 5.74) is 2.07. The second-order valence-corrected chi connectivity index (χ2v) is 7.61. The Morgan fingerprint density at radius 2 is 2.03 bits per heavy atom. The van der Waals surface area contributed by atoms with Gasteiger partial charge in [-0.25, -0.2) is 18.5 Å². The van der Waals surface area contributed by atoms with Crippen molar-refractivity contribution in [3.05, 3.63) is 51.8 Å². The molecule has 0 fully saturated rings. The van der Waals surface area contributed by atoms with E-state index in [4.69, 9.17) is 17.3 Å². The third kappa shape index (κ3) is 4.66. The molecule has 0 unspecified atom stereocenters. The zero-order valence-electron chi connectivity index (χ0n) is 16.1. The molecule has 0 amide bonds. The van der Waals surface area contributed by atoms with Crippen molar-refractivity contribution in [3.63, 3.8) is 0 Å². The minimum absolute atomic E-state index is 0.143. The number of alkyl halides is 5. The minimum Gasteiger partial charge on any atom is -0.452 e. The molecule has 1 aliphatic rings. The lowest BCUT2D eigenvalue weighted by Gasteiger charge is -2.36. The highest BCUT2D eigenvalue weighted by Gasteiger charge is 2.50. The molecule has 0 aliphatic carbocycles. The van der Waals surface area contributed by atoms with Crippen molar-refractivity contribution in [2.75, 3.05) is 0 Å². The summed E-state index contributed by atoms with van der Waals surface area (Å²) in [6.45, 7) is -1.96. The first-order chi connectivity index (χ1) is 14.7. The number of aromatic nitrogens is 2. The molecule has 174 valence electrons. The number of hydrogen-bond donors (Lipinski definition) is 1. The maximum absolute atomic E-state index is 14.6. The number of nitrogens with two attached hydrogens (primary N) is 1. The monoisotopic (exact) mass is 486 g/mol. The lowest BCUT2D eigenvalue weighted by atomic mass is 9.84. The number of ether oxygens (including phenoxy) is 1. The van der Waals surface area contributed by atoms with Gasteiger partial charge in [0.05, 0.1) is 16.8 Å². The lowest BCUT2D eigenvalue weighted by Crippen LogP contribution is -2.46. The third-order valence-electron chi connectivity index (χ3n) is 4.75. The summed E-state index contributed by atoms with van der Waals surface area (Å²) in [7, 11) is 0. The molecule has 6 nitrogen and oxygen atoms in total. The summed E-state index contributed by atoms with van der Waals surface area (Å²) in [5.74, 6) is -3.85. The molecule has 0 saturated heterocycles. The van der Waals surface area contributed by atoms with Crippen molar-refractivity contribution < 1.29 is 40.3 Å². The average molecular weight is 487 g/mol. The van der Waals surface area contributed by atoms with Crippen LogP contribution >= 0.6 is 11.6 Å². The number of benzene rings is 1. The third-order valence-corrected chi connectivity index (χ3v) is 5.03. The first-order valence-corrected chi connectivity index (χ1v) is 9.22. The van der Waals surface area contributed by atoms with Gasteiger partial charge in [-0.1, -0.05) is 11.6 Å². The van der Waals surface area contributed by atoms with Crippen LogP contribution in [0.1, 0.15) is 41.5 Å². The van der Waals surface area contributed by atoms with Gasteiger partial charge in [-0.15, -0.1) is 0 Å². The van der Waals surface area contributed by atoms with Gasteiger partial charge in [0.2, 0.25) is 0 Å². The fourth-order valence-corrected chi connectivity index (χ4v) is 3.53. The van der Waals surface area contributed by atoms with E-state index in [2.05, 4.69) is 14.8 Å². The molecule has 1 aromatic carbocycles. The number of carbonyl (C=O) groups is 1. The fraction of sp³-hybridized carbons (Fsp3) is 0.389. The number of ketones is 1. The molecule has 2 atom stereocenters. The highest BCUT2D eigenvalue weighted by molar-refractivity contribution is 6.33. The van der Waals surface area contributed by atoms with Crippen molar-refractivity contribution in [2.24, 2.45) is 10.7 Å². The van der Waals surface area contributed by atoms with E-state index >= 15 is 0 Å². The number of Topliss-reactive ketones (excluding diaryl/α,β-unsaturated/α-hetero) is 1. The van der Waals surface area contributed by atoms with E-state index in [0.717, 1.165) is 13.0 Å². The number of carbonyl (C=O) groups excluding carboxylic acids is 1. The van der Waals surface area contributed by atoms with E-state index < -0.39 is 71.9 Å². The van der Waals surface area contributed by atoms with Gasteiger partial charge in [0.1, 0.15) is 5.69 Å². The Morgan fingerprint density at radius 1 is 1.38 bits per heavy atom. The van der Waals surface area contributed by atoms with Crippen LogP contribution in [0.5, 0.6) is 0 Å². The molecule has 2 aromatic rings. The Morgan fingerprint density at radius 3 is 2.59 bits per heavy atom. The van der Waals surface area contributed by atoms with Gasteiger partial charge in [-0.2, -0.15) is 27.1 Å². The van der Waals surface area contributed by atoms with E-state index in [9.17, 15) is 35.5 Å². The van der Waals surface area contributed by atoms with Crippen LogP contribution in [0.25, 0.3) is 0 Å². The summed E-state index contributed by atoms with van der Waals surface area (Å²) >= 11 is 5.73. The summed E-state index contributed by atoms with van der Waals surface area (Å²) in [6.07, 6.45) is -8.12. The topological polar surface area (TPSA) is 82.5 Å².